The van der Waals surface area contributed by atoms with Gasteiger partial charge in [0.15, 0.2) is 0 Å². The molecule has 0 saturated heterocycles. The Labute approximate surface area is 114 Å². The molecule has 2 N–H and O–H groups in total. The third kappa shape index (κ3) is 2.44. The van der Waals surface area contributed by atoms with Gasteiger partial charge in [-0.1, -0.05) is 26.8 Å². The summed E-state index contributed by atoms with van der Waals surface area (Å²) < 4.78 is 0. The number of rotatable bonds is 3. The van der Waals surface area contributed by atoms with E-state index in [1.807, 2.05) is 17.4 Å². The average Bonchev–Trinajstić information content (AvgIpc) is 2.76. The second-order valence-corrected chi connectivity index (χ2v) is 6.74. The van der Waals surface area contributed by atoms with Crippen molar-refractivity contribution in [2.45, 2.75) is 39.5 Å². The number of anilines is 1. The molecule has 0 fully saturated rings. The summed E-state index contributed by atoms with van der Waals surface area (Å²) in [5.41, 5.74) is 9.71. The smallest absolute Gasteiger partial charge is 0.0352 e. The van der Waals surface area contributed by atoms with Crippen molar-refractivity contribution in [3.05, 3.63) is 40.8 Å². The van der Waals surface area contributed by atoms with Crippen molar-refractivity contribution in [1.82, 2.24) is 0 Å². The molecule has 96 valence electrons. The van der Waals surface area contributed by atoms with Crippen LogP contribution in [0.3, 0.4) is 0 Å². The van der Waals surface area contributed by atoms with Gasteiger partial charge in [0.25, 0.3) is 0 Å². The molecule has 0 atom stereocenters. The van der Waals surface area contributed by atoms with Crippen molar-refractivity contribution in [1.29, 1.82) is 0 Å². The van der Waals surface area contributed by atoms with Gasteiger partial charge in [0, 0.05) is 15.4 Å². The minimum absolute atomic E-state index is 0.131. The first kappa shape index (κ1) is 13.2. The van der Waals surface area contributed by atoms with Crippen molar-refractivity contribution in [2.75, 3.05) is 5.73 Å². The average molecular weight is 259 g/mol. The van der Waals surface area contributed by atoms with E-state index in [1.165, 1.54) is 20.9 Å². The molecule has 2 heteroatoms. The van der Waals surface area contributed by atoms with E-state index < -0.39 is 0 Å². The minimum atomic E-state index is 0.131. The van der Waals surface area contributed by atoms with Crippen LogP contribution in [0.4, 0.5) is 5.69 Å². The molecule has 1 aromatic heterocycles. The van der Waals surface area contributed by atoms with Gasteiger partial charge >= 0.3 is 0 Å². The predicted octanol–water partition coefficient (Wildman–Crippen LogP) is 4.99. The van der Waals surface area contributed by atoms with Crippen LogP contribution in [0.25, 0.3) is 10.4 Å². The lowest BCUT2D eigenvalue weighted by Gasteiger charge is -2.25. The molecule has 0 aliphatic heterocycles. The Kier molecular flexibility index (Phi) is 3.49. The third-order valence-corrected chi connectivity index (χ3v) is 4.74. The molecule has 18 heavy (non-hydrogen) atoms. The number of nitrogen functional groups attached to an aromatic ring is 1. The van der Waals surface area contributed by atoms with E-state index in [0.29, 0.717) is 0 Å². The Bertz CT molecular complexity index is 552. The summed E-state index contributed by atoms with van der Waals surface area (Å²) in [6.07, 6.45) is 1.09. The zero-order valence-corrected chi connectivity index (χ0v) is 12.4. The summed E-state index contributed by atoms with van der Waals surface area (Å²) in [7, 11) is 0. The summed E-state index contributed by atoms with van der Waals surface area (Å²) in [4.78, 5) is 2.67. The van der Waals surface area contributed by atoms with E-state index >= 15 is 0 Å². The van der Waals surface area contributed by atoms with Gasteiger partial charge in [-0.05, 0) is 54.2 Å². The fraction of sp³-hybridized carbons (Fsp3) is 0.375. The van der Waals surface area contributed by atoms with Gasteiger partial charge in [-0.2, -0.15) is 0 Å². The highest BCUT2D eigenvalue weighted by Gasteiger charge is 2.21. The quantitative estimate of drug-likeness (QED) is 0.772. The van der Waals surface area contributed by atoms with Gasteiger partial charge in [0.05, 0.1) is 0 Å². The fourth-order valence-corrected chi connectivity index (χ4v) is 2.94. The van der Waals surface area contributed by atoms with Crippen molar-refractivity contribution >= 4 is 17.0 Å². The van der Waals surface area contributed by atoms with Crippen LogP contribution >= 0.6 is 11.3 Å². The van der Waals surface area contributed by atoms with E-state index in [1.54, 1.807) is 0 Å². The SMILES string of the molecule is CCC(C)(C)c1cc(-c2ccc(C)s2)ccc1N. The Morgan fingerprint density at radius 2 is 1.89 bits per heavy atom. The number of aryl methyl sites for hydroxylation is 1. The number of benzene rings is 1. The van der Waals surface area contributed by atoms with Gasteiger partial charge in [-0.3, -0.25) is 0 Å². The molecule has 0 aliphatic rings. The molecular weight excluding hydrogens is 238 g/mol. The molecule has 1 heterocycles. The normalized spacial score (nSPS) is 11.8. The third-order valence-electron chi connectivity index (χ3n) is 3.69. The highest BCUT2D eigenvalue weighted by Crippen LogP contribution is 2.36. The summed E-state index contributed by atoms with van der Waals surface area (Å²) >= 11 is 1.83. The van der Waals surface area contributed by atoms with Gasteiger partial charge in [-0.25, -0.2) is 0 Å². The first-order valence-corrected chi connectivity index (χ1v) is 7.22. The van der Waals surface area contributed by atoms with Crippen LogP contribution < -0.4 is 5.73 Å². The first-order chi connectivity index (χ1) is 8.44. The van der Waals surface area contributed by atoms with Crippen LogP contribution in [-0.4, -0.2) is 0 Å². The first-order valence-electron chi connectivity index (χ1n) is 6.41. The van der Waals surface area contributed by atoms with E-state index in [9.17, 15) is 0 Å². The zero-order valence-electron chi connectivity index (χ0n) is 11.6. The number of hydrogen-bond donors (Lipinski definition) is 1. The Hall–Kier alpha value is -1.28. The van der Waals surface area contributed by atoms with E-state index in [0.717, 1.165) is 12.1 Å². The van der Waals surface area contributed by atoms with Crippen LogP contribution in [0.2, 0.25) is 0 Å². The number of hydrogen-bond acceptors (Lipinski definition) is 2. The monoisotopic (exact) mass is 259 g/mol. The summed E-state index contributed by atoms with van der Waals surface area (Å²) in [6.45, 7) is 8.86. The van der Waals surface area contributed by atoms with E-state index in [2.05, 4.69) is 52.0 Å². The fourth-order valence-electron chi connectivity index (χ4n) is 2.08. The molecular formula is C16H21NS. The standard InChI is InChI=1S/C16H21NS/c1-5-16(3,4)13-10-12(7-8-14(13)17)15-9-6-11(2)18-15/h6-10H,5,17H2,1-4H3. The van der Waals surface area contributed by atoms with Crippen molar-refractivity contribution in [3.63, 3.8) is 0 Å². The van der Waals surface area contributed by atoms with Gasteiger partial charge in [-0.15, -0.1) is 11.3 Å². The topological polar surface area (TPSA) is 26.0 Å². The van der Waals surface area contributed by atoms with Crippen LogP contribution in [0, 0.1) is 6.92 Å². The van der Waals surface area contributed by atoms with E-state index in [4.69, 9.17) is 5.73 Å². The predicted molar refractivity (Wildman–Crippen MR) is 82.2 cm³/mol. The largest absolute Gasteiger partial charge is 0.398 e. The molecule has 2 rings (SSSR count). The summed E-state index contributed by atoms with van der Waals surface area (Å²) in [6, 6.07) is 10.8. The van der Waals surface area contributed by atoms with Crippen LogP contribution in [-0.2, 0) is 5.41 Å². The molecule has 1 aromatic carbocycles. The number of thiophene rings is 1. The maximum atomic E-state index is 6.14. The molecule has 0 bridgehead atoms. The summed E-state index contributed by atoms with van der Waals surface area (Å²) in [5.74, 6) is 0. The zero-order chi connectivity index (χ0) is 13.3. The second-order valence-electron chi connectivity index (χ2n) is 5.45. The maximum Gasteiger partial charge on any atom is 0.0352 e. The molecule has 0 radical (unpaired) electrons. The van der Waals surface area contributed by atoms with Crippen molar-refractivity contribution in [3.8, 4) is 10.4 Å². The van der Waals surface area contributed by atoms with Gasteiger partial charge < -0.3 is 5.73 Å². The lowest BCUT2D eigenvalue weighted by molar-refractivity contribution is 0.508. The van der Waals surface area contributed by atoms with E-state index in [-0.39, 0.29) is 5.41 Å². The minimum Gasteiger partial charge on any atom is -0.398 e. The van der Waals surface area contributed by atoms with Crippen molar-refractivity contribution in [2.24, 2.45) is 0 Å². The highest BCUT2D eigenvalue weighted by molar-refractivity contribution is 7.15. The van der Waals surface area contributed by atoms with Crippen LogP contribution in [0.1, 0.15) is 37.6 Å². The highest BCUT2D eigenvalue weighted by atomic mass is 32.1. The second kappa shape index (κ2) is 4.77. The molecule has 0 spiro atoms. The Balaban J connectivity index is 2.50. The van der Waals surface area contributed by atoms with Crippen LogP contribution in [0.15, 0.2) is 30.3 Å². The number of nitrogens with two attached hydrogens (primary N) is 1. The molecule has 2 aromatic rings. The molecule has 0 unspecified atom stereocenters. The lowest BCUT2D eigenvalue weighted by atomic mass is 9.80. The summed E-state index contributed by atoms with van der Waals surface area (Å²) in [5, 5.41) is 0. The Morgan fingerprint density at radius 1 is 1.17 bits per heavy atom. The van der Waals surface area contributed by atoms with Crippen LogP contribution in [0.5, 0.6) is 0 Å². The molecule has 0 saturated carbocycles. The molecule has 0 aliphatic carbocycles. The van der Waals surface area contributed by atoms with Crippen molar-refractivity contribution < 1.29 is 0 Å². The lowest BCUT2D eigenvalue weighted by Crippen LogP contribution is -2.17. The maximum absolute atomic E-state index is 6.14. The molecule has 1 nitrogen and oxygen atoms in total. The Morgan fingerprint density at radius 3 is 2.44 bits per heavy atom. The van der Waals surface area contributed by atoms with Gasteiger partial charge in [0.2, 0.25) is 0 Å². The van der Waals surface area contributed by atoms with Gasteiger partial charge in [0.1, 0.15) is 0 Å². The molecule has 0 amide bonds.